The first-order valence-corrected chi connectivity index (χ1v) is 9.32. The molecule has 0 bridgehead atoms. The summed E-state index contributed by atoms with van der Waals surface area (Å²) < 4.78 is 2.24. The zero-order valence-corrected chi connectivity index (χ0v) is 14.7. The first kappa shape index (κ1) is 16.4. The van der Waals surface area contributed by atoms with Crippen LogP contribution in [0.4, 0.5) is 0 Å². The average Bonchev–Trinajstić information content (AvgIpc) is 3.14. The van der Waals surface area contributed by atoms with Gasteiger partial charge in [0.1, 0.15) is 0 Å². The molecule has 1 aliphatic rings. The lowest BCUT2D eigenvalue weighted by Gasteiger charge is -2.11. The normalized spacial score (nSPS) is 18.6. The van der Waals surface area contributed by atoms with Gasteiger partial charge in [0.15, 0.2) is 0 Å². The largest absolute Gasteiger partial charge is 0.355 e. The number of thioether (sulfide) groups is 1. The molecule has 0 radical (unpaired) electrons. The van der Waals surface area contributed by atoms with Crippen LogP contribution < -0.4 is 5.32 Å². The highest BCUT2D eigenvalue weighted by atomic mass is 32.2. The van der Waals surface area contributed by atoms with Gasteiger partial charge in [0.25, 0.3) is 0 Å². The molecular weight excluding hydrogens is 306 g/mol. The molecule has 1 amide bonds. The second kappa shape index (κ2) is 7.41. The molecule has 0 aliphatic carbocycles. The van der Waals surface area contributed by atoms with Crippen LogP contribution in [0.3, 0.4) is 0 Å². The number of fused-ring (bicyclic) bond motifs is 1. The third kappa shape index (κ3) is 3.90. The molecule has 124 valence electrons. The quantitative estimate of drug-likeness (QED) is 0.827. The maximum Gasteiger partial charge on any atom is 0.230 e. The van der Waals surface area contributed by atoms with Crippen LogP contribution in [0.2, 0.25) is 0 Å². The third-order valence-corrected chi connectivity index (χ3v) is 5.57. The molecule has 1 aromatic heterocycles. The molecule has 0 saturated carbocycles. The summed E-state index contributed by atoms with van der Waals surface area (Å²) in [6, 6.07) is 8.40. The molecule has 0 unspecified atom stereocenters. The molecule has 2 aromatic rings. The summed E-state index contributed by atoms with van der Waals surface area (Å²) in [5, 5.41) is 4.33. The topological polar surface area (TPSA) is 37.3 Å². The Morgan fingerprint density at radius 1 is 1.39 bits per heavy atom. The van der Waals surface area contributed by atoms with Gasteiger partial charge >= 0.3 is 0 Å². The minimum atomic E-state index is 0.137. The number of para-hydroxylation sites is 1. The number of likely N-dealkylation sites (tertiary alicyclic amines) is 1. The summed E-state index contributed by atoms with van der Waals surface area (Å²) in [7, 11) is 2.14. The van der Waals surface area contributed by atoms with Gasteiger partial charge in [-0.1, -0.05) is 18.2 Å². The molecule has 1 saturated heterocycles. The van der Waals surface area contributed by atoms with E-state index in [4.69, 9.17) is 0 Å². The maximum atomic E-state index is 12.1. The van der Waals surface area contributed by atoms with Gasteiger partial charge < -0.3 is 14.8 Å². The standard InChI is InChI=1S/C18H25N3OS/c1-3-21-12-17(15-6-4-5-7-16(15)21)23-13-18(22)19-10-14-8-9-20(2)11-14/h4-7,12,14H,3,8-11,13H2,1-2H3,(H,19,22)/t14-/m1/s1. The van der Waals surface area contributed by atoms with E-state index in [2.05, 4.69) is 59.2 Å². The molecule has 5 heteroatoms. The van der Waals surface area contributed by atoms with Gasteiger partial charge in [0.2, 0.25) is 5.91 Å². The summed E-state index contributed by atoms with van der Waals surface area (Å²) in [6.07, 6.45) is 3.35. The Hall–Kier alpha value is -1.46. The van der Waals surface area contributed by atoms with Crippen molar-refractivity contribution in [3.8, 4) is 0 Å². The zero-order valence-electron chi connectivity index (χ0n) is 13.9. The summed E-state index contributed by atoms with van der Waals surface area (Å²) in [5.41, 5.74) is 1.24. The molecule has 1 fully saturated rings. The van der Waals surface area contributed by atoms with Gasteiger partial charge in [-0.3, -0.25) is 4.79 Å². The van der Waals surface area contributed by atoms with Crippen LogP contribution in [0.25, 0.3) is 10.9 Å². The zero-order chi connectivity index (χ0) is 16.2. The van der Waals surface area contributed by atoms with Crippen molar-refractivity contribution in [2.24, 2.45) is 5.92 Å². The van der Waals surface area contributed by atoms with Crippen molar-refractivity contribution >= 4 is 28.6 Å². The Kier molecular flexibility index (Phi) is 5.28. The summed E-state index contributed by atoms with van der Waals surface area (Å²) in [6.45, 7) is 6.14. The number of hydrogen-bond acceptors (Lipinski definition) is 3. The number of aromatic nitrogens is 1. The van der Waals surface area contributed by atoms with Crippen LogP contribution in [0.15, 0.2) is 35.4 Å². The molecule has 1 aromatic carbocycles. The average molecular weight is 331 g/mol. The Labute approximate surface area is 142 Å². The van der Waals surface area contributed by atoms with Crippen molar-refractivity contribution in [3.63, 3.8) is 0 Å². The van der Waals surface area contributed by atoms with Crippen LogP contribution in [0, 0.1) is 5.92 Å². The Balaban J connectivity index is 1.55. The predicted molar refractivity (Wildman–Crippen MR) is 96.9 cm³/mol. The number of carbonyl (C=O) groups is 1. The molecule has 1 N–H and O–H groups in total. The lowest BCUT2D eigenvalue weighted by molar-refractivity contribution is -0.118. The highest BCUT2D eigenvalue weighted by molar-refractivity contribution is 8.00. The van der Waals surface area contributed by atoms with E-state index in [1.165, 1.54) is 22.2 Å². The van der Waals surface area contributed by atoms with E-state index in [9.17, 15) is 4.79 Å². The van der Waals surface area contributed by atoms with Gasteiger partial charge in [0, 0.05) is 41.6 Å². The highest BCUT2D eigenvalue weighted by Crippen LogP contribution is 2.29. The van der Waals surface area contributed by atoms with Gasteiger partial charge in [-0.2, -0.15) is 0 Å². The lowest BCUT2D eigenvalue weighted by Crippen LogP contribution is -2.31. The smallest absolute Gasteiger partial charge is 0.230 e. The Morgan fingerprint density at radius 3 is 2.96 bits per heavy atom. The lowest BCUT2D eigenvalue weighted by atomic mass is 10.1. The monoisotopic (exact) mass is 331 g/mol. The van der Waals surface area contributed by atoms with Crippen molar-refractivity contribution in [1.29, 1.82) is 0 Å². The van der Waals surface area contributed by atoms with Crippen molar-refractivity contribution < 1.29 is 4.79 Å². The molecule has 23 heavy (non-hydrogen) atoms. The fourth-order valence-corrected chi connectivity index (χ4v) is 4.15. The van der Waals surface area contributed by atoms with Gasteiger partial charge in [0.05, 0.1) is 5.75 Å². The van der Waals surface area contributed by atoms with Crippen LogP contribution in [0.5, 0.6) is 0 Å². The molecular formula is C18H25N3OS. The Morgan fingerprint density at radius 2 is 2.22 bits per heavy atom. The first-order valence-electron chi connectivity index (χ1n) is 8.33. The first-order chi connectivity index (χ1) is 11.2. The molecule has 2 heterocycles. The van der Waals surface area contributed by atoms with Gasteiger partial charge in [-0.05, 0) is 38.9 Å². The summed E-state index contributed by atoms with van der Waals surface area (Å²) in [5.74, 6) is 1.23. The number of aryl methyl sites for hydroxylation is 1. The van der Waals surface area contributed by atoms with Crippen molar-refractivity contribution in [2.75, 3.05) is 32.4 Å². The minimum Gasteiger partial charge on any atom is -0.355 e. The molecule has 1 aliphatic heterocycles. The Bertz CT molecular complexity index is 682. The number of amides is 1. The third-order valence-electron chi connectivity index (χ3n) is 4.53. The number of benzene rings is 1. The molecule has 1 atom stereocenters. The second-order valence-corrected chi connectivity index (χ2v) is 7.32. The summed E-state index contributed by atoms with van der Waals surface area (Å²) >= 11 is 1.63. The van der Waals surface area contributed by atoms with E-state index in [0.717, 1.165) is 26.2 Å². The molecule has 3 rings (SSSR count). The van der Waals surface area contributed by atoms with Crippen LogP contribution in [-0.2, 0) is 11.3 Å². The van der Waals surface area contributed by atoms with E-state index in [0.29, 0.717) is 11.7 Å². The maximum absolute atomic E-state index is 12.1. The van der Waals surface area contributed by atoms with Crippen molar-refractivity contribution in [2.45, 2.75) is 24.8 Å². The molecule has 4 nitrogen and oxygen atoms in total. The van der Waals surface area contributed by atoms with Crippen LogP contribution in [0.1, 0.15) is 13.3 Å². The number of carbonyl (C=O) groups excluding carboxylic acids is 1. The predicted octanol–water partition coefficient (Wildman–Crippen LogP) is 2.82. The fraction of sp³-hybridized carbons (Fsp3) is 0.500. The van der Waals surface area contributed by atoms with Gasteiger partial charge in [-0.25, -0.2) is 0 Å². The van der Waals surface area contributed by atoms with Crippen molar-refractivity contribution in [1.82, 2.24) is 14.8 Å². The number of rotatable bonds is 6. The van der Waals surface area contributed by atoms with Crippen LogP contribution in [-0.4, -0.2) is 47.8 Å². The van der Waals surface area contributed by atoms with E-state index < -0.39 is 0 Å². The number of nitrogens with zero attached hydrogens (tertiary/aromatic N) is 2. The van der Waals surface area contributed by atoms with E-state index in [1.54, 1.807) is 11.8 Å². The number of nitrogens with one attached hydrogen (secondary N) is 1. The highest BCUT2D eigenvalue weighted by Gasteiger charge is 2.19. The van der Waals surface area contributed by atoms with Crippen LogP contribution >= 0.6 is 11.8 Å². The fourth-order valence-electron chi connectivity index (χ4n) is 3.24. The second-order valence-electron chi connectivity index (χ2n) is 6.31. The van der Waals surface area contributed by atoms with E-state index in [-0.39, 0.29) is 5.91 Å². The summed E-state index contributed by atoms with van der Waals surface area (Å²) in [4.78, 5) is 15.6. The van der Waals surface area contributed by atoms with E-state index in [1.807, 2.05) is 0 Å². The van der Waals surface area contributed by atoms with Crippen molar-refractivity contribution in [3.05, 3.63) is 30.5 Å². The van der Waals surface area contributed by atoms with Gasteiger partial charge in [-0.15, -0.1) is 11.8 Å². The van der Waals surface area contributed by atoms with E-state index >= 15 is 0 Å². The molecule has 0 spiro atoms. The minimum absolute atomic E-state index is 0.137. The SMILES string of the molecule is CCn1cc(SCC(=O)NC[C@H]2CCN(C)C2)c2ccccc21. The number of hydrogen-bond donors (Lipinski definition) is 1.